The van der Waals surface area contributed by atoms with Crippen molar-refractivity contribution in [1.29, 1.82) is 0 Å². The number of anilines is 1. The molecular formula is C16H28N2O. The Balaban J connectivity index is 2.92. The van der Waals surface area contributed by atoms with Gasteiger partial charge in [0.05, 0.1) is 6.61 Å². The quantitative estimate of drug-likeness (QED) is 0.784. The van der Waals surface area contributed by atoms with Crippen molar-refractivity contribution >= 4 is 5.69 Å². The maximum atomic E-state index is 5.64. The molecule has 19 heavy (non-hydrogen) atoms. The molecule has 1 aromatic rings. The summed E-state index contributed by atoms with van der Waals surface area (Å²) in [6.07, 6.45) is 2.08. The smallest absolute Gasteiger partial charge is 0.0637 e. The third-order valence-electron chi connectivity index (χ3n) is 3.73. The highest BCUT2D eigenvalue weighted by molar-refractivity contribution is 5.51. The normalized spacial score (nSPS) is 12.5. The Labute approximate surface area is 117 Å². The van der Waals surface area contributed by atoms with Crippen LogP contribution in [0.3, 0.4) is 0 Å². The van der Waals surface area contributed by atoms with Crippen LogP contribution in [0.25, 0.3) is 0 Å². The highest BCUT2D eigenvalue weighted by Crippen LogP contribution is 2.22. The zero-order chi connectivity index (χ0) is 14.3. The first-order chi connectivity index (χ1) is 9.13. The molecule has 1 atom stereocenters. The van der Waals surface area contributed by atoms with Crippen LogP contribution in [0, 0.1) is 6.92 Å². The highest BCUT2D eigenvalue weighted by Gasteiger charge is 2.13. The summed E-state index contributed by atoms with van der Waals surface area (Å²) >= 11 is 0. The van der Waals surface area contributed by atoms with Crippen molar-refractivity contribution < 1.29 is 4.74 Å². The van der Waals surface area contributed by atoms with Crippen molar-refractivity contribution in [3.8, 4) is 0 Å². The fraction of sp³-hybridized carbons (Fsp3) is 0.625. The lowest BCUT2D eigenvalue weighted by molar-refractivity contribution is 0.203. The van der Waals surface area contributed by atoms with Gasteiger partial charge in [-0.3, -0.25) is 0 Å². The molecule has 0 heterocycles. The van der Waals surface area contributed by atoms with Gasteiger partial charge in [-0.2, -0.15) is 0 Å². The standard InChI is InChI=1S/C16H28N2O/c1-5-14(3)18(10-11-19-4)16-7-6-15(8-9-17)13(2)12-16/h6-7,12,14H,5,8-11,17H2,1-4H3. The summed E-state index contributed by atoms with van der Waals surface area (Å²) in [4.78, 5) is 2.42. The lowest BCUT2D eigenvalue weighted by Crippen LogP contribution is -2.35. The van der Waals surface area contributed by atoms with E-state index in [0.717, 1.165) is 26.0 Å². The van der Waals surface area contributed by atoms with Crippen LogP contribution >= 0.6 is 0 Å². The molecule has 1 unspecified atom stereocenters. The van der Waals surface area contributed by atoms with Gasteiger partial charge >= 0.3 is 0 Å². The number of aryl methyl sites for hydroxylation is 1. The van der Waals surface area contributed by atoms with E-state index in [9.17, 15) is 0 Å². The van der Waals surface area contributed by atoms with Gasteiger partial charge in [-0.15, -0.1) is 0 Å². The molecule has 2 N–H and O–H groups in total. The predicted octanol–water partition coefficient (Wildman–Crippen LogP) is 2.75. The number of methoxy groups -OCH3 is 1. The first-order valence-corrected chi connectivity index (χ1v) is 7.19. The lowest BCUT2D eigenvalue weighted by Gasteiger charge is -2.31. The van der Waals surface area contributed by atoms with Crippen molar-refractivity contribution in [2.75, 3.05) is 31.7 Å². The maximum Gasteiger partial charge on any atom is 0.0637 e. The molecule has 0 aromatic heterocycles. The van der Waals surface area contributed by atoms with Gasteiger partial charge < -0.3 is 15.4 Å². The molecule has 0 bridgehead atoms. The highest BCUT2D eigenvalue weighted by atomic mass is 16.5. The average Bonchev–Trinajstić information content (AvgIpc) is 2.41. The van der Waals surface area contributed by atoms with Gasteiger partial charge in [0.25, 0.3) is 0 Å². The van der Waals surface area contributed by atoms with Gasteiger partial charge in [0.1, 0.15) is 0 Å². The second-order valence-corrected chi connectivity index (χ2v) is 5.09. The molecule has 0 aliphatic carbocycles. The summed E-state index contributed by atoms with van der Waals surface area (Å²) < 4.78 is 5.22. The zero-order valence-corrected chi connectivity index (χ0v) is 12.8. The Morgan fingerprint density at radius 3 is 2.63 bits per heavy atom. The van der Waals surface area contributed by atoms with Crippen molar-refractivity contribution in [3.63, 3.8) is 0 Å². The summed E-state index contributed by atoms with van der Waals surface area (Å²) in [5.74, 6) is 0. The van der Waals surface area contributed by atoms with Crippen molar-refractivity contribution in [2.45, 2.75) is 39.7 Å². The van der Waals surface area contributed by atoms with E-state index in [2.05, 4.69) is 43.9 Å². The minimum absolute atomic E-state index is 0.523. The molecule has 1 aromatic carbocycles. The van der Waals surface area contributed by atoms with Gasteiger partial charge in [0.2, 0.25) is 0 Å². The zero-order valence-electron chi connectivity index (χ0n) is 12.8. The third kappa shape index (κ3) is 4.51. The molecule has 0 saturated heterocycles. The third-order valence-corrected chi connectivity index (χ3v) is 3.73. The number of rotatable bonds is 8. The van der Waals surface area contributed by atoms with Crippen LogP contribution in [0.2, 0.25) is 0 Å². The fourth-order valence-corrected chi connectivity index (χ4v) is 2.31. The van der Waals surface area contributed by atoms with Crippen LogP contribution in [-0.2, 0) is 11.2 Å². The molecule has 0 fully saturated rings. The number of ether oxygens (including phenoxy) is 1. The SMILES string of the molecule is CCC(C)N(CCOC)c1ccc(CCN)c(C)c1. The van der Waals surface area contributed by atoms with Crippen molar-refractivity contribution in [1.82, 2.24) is 0 Å². The summed E-state index contributed by atoms with van der Waals surface area (Å²) in [6, 6.07) is 7.21. The first kappa shape index (κ1) is 16.0. The van der Waals surface area contributed by atoms with E-state index in [4.69, 9.17) is 10.5 Å². The van der Waals surface area contributed by atoms with Gasteiger partial charge in [0, 0.05) is 25.4 Å². The minimum atomic E-state index is 0.523. The summed E-state index contributed by atoms with van der Waals surface area (Å²) in [5.41, 5.74) is 9.59. The molecular weight excluding hydrogens is 236 g/mol. The summed E-state index contributed by atoms with van der Waals surface area (Å²) in [6.45, 7) is 9.05. The molecule has 0 amide bonds. The molecule has 0 saturated carbocycles. The van der Waals surface area contributed by atoms with Gasteiger partial charge in [-0.25, -0.2) is 0 Å². The molecule has 1 rings (SSSR count). The Morgan fingerprint density at radius 1 is 1.37 bits per heavy atom. The van der Waals surface area contributed by atoms with Crippen LogP contribution in [0.5, 0.6) is 0 Å². The number of nitrogens with two attached hydrogens (primary N) is 1. The molecule has 108 valence electrons. The van der Waals surface area contributed by atoms with Crippen molar-refractivity contribution in [2.24, 2.45) is 5.73 Å². The van der Waals surface area contributed by atoms with Crippen LogP contribution < -0.4 is 10.6 Å². The number of benzene rings is 1. The van der Waals surface area contributed by atoms with E-state index in [1.807, 2.05) is 0 Å². The van der Waals surface area contributed by atoms with E-state index in [-0.39, 0.29) is 0 Å². The van der Waals surface area contributed by atoms with E-state index in [1.54, 1.807) is 7.11 Å². The van der Waals surface area contributed by atoms with Crippen LogP contribution in [-0.4, -0.2) is 32.8 Å². The lowest BCUT2D eigenvalue weighted by atomic mass is 10.0. The Hall–Kier alpha value is -1.06. The molecule has 0 spiro atoms. The molecule has 3 heteroatoms. The van der Waals surface area contributed by atoms with Crippen LogP contribution in [0.4, 0.5) is 5.69 Å². The average molecular weight is 264 g/mol. The second kappa shape index (κ2) is 8.18. The van der Waals surface area contributed by atoms with E-state index in [0.29, 0.717) is 12.6 Å². The maximum absolute atomic E-state index is 5.64. The topological polar surface area (TPSA) is 38.5 Å². The van der Waals surface area contributed by atoms with Gasteiger partial charge in [-0.05, 0) is 56.5 Å². The second-order valence-electron chi connectivity index (χ2n) is 5.09. The Kier molecular flexibility index (Phi) is 6.89. The summed E-state index contributed by atoms with van der Waals surface area (Å²) in [5, 5.41) is 0. The van der Waals surface area contributed by atoms with Gasteiger partial charge in [0.15, 0.2) is 0 Å². The molecule has 0 aliphatic heterocycles. The van der Waals surface area contributed by atoms with E-state index < -0.39 is 0 Å². The molecule has 0 aliphatic rings. The first-order valence-electron chi connectivity index (χ1n) is 7.19. The number of hydrogen-bond donors (Lipinski definition) is 1. The van der Waals surface area contributed by atoms with E-state index >= 15 is 0 Å². The van der Waals surface area contributed by atoms with Gasteiger partial charge in [-0.1, -0.05) is 13.0 Å². The minimum Gasteiger partial charge on any atom is -0.383 e. The fourth-order valence-electron chi connectivity index (χ4n) is 2.31. The Bertz CT molecular complexity index is 379. The molecule has 3 nitrogen and oxygen atoms in total. The Morgan fingerprint density at radius 2 is 2.11 bits per heavy atom. The number of hydrogen-bond acceptors (Lipinski definition) is 3. The monoisotopic (exact) mass is 264 g/mol. The summed E-state index contributed by atoms with van der Waals surface area (Å²) in [7, 11) is 1.75. The predicted molar refractivity (Wildman–Crippen MR) is 82.9 cm³/mol. The largest absolute Gasteiger partial charge is 0.383 e. The van der Waals surface area contributed by atoms with Crippen LogP contribution in [0.1, 0.15) is 31.4 Å². The number of nitrogens with zero attached hydrogens (tertiary/aromatic N) is 1. The van der Waals surface area contributed by atoms with E-state index in [1.165, 1.54) is 16.8 Å². The van der Waals surface area contributed by atoms with Crippen molar-refractivity contribution in [3.05, 3.63) is 29.3 Å². The molecule has 0 radical (unpaired) electrons. The van der Waals surface area contributed by atoms with Crippen LogP contribution in [0.15, 0.2) is 18.2 Å².